The average Bonchev–Trinajstić information content (AvgIpc) is 2.59. The SMILES string of the molecule is NC[C@H](NS(=O)(=O)c1ccc(C(=O)c2ccccc2)cc1)C(=O)O. The van der Waals surface area contributed by atoms with E-state index in [0.717, 1.165) is 0 Å². The molecule has 4 N–H and O–H groups in total. The van der Waals surface area contributed by atoms with E-state index < -0.39 is 22.0 Å². The van der Waals surface area contributed by atoms with Crippen molar-refractivity contribution in [2.24, 2.45) is 5.73 Å². The molecule has 2 aromatic rings. The lowest BCUT2D eigenvalue weighted by Crippen LogP contribution is -2.45. The summed E-state index contributed by atoms with van der Waals surface area (Å²) in [4.78, 5) is 23.0. The Morgan fingerprint density at radius 3 is 2.04 bits per heavy atom. The molecule has 0 aliphatic heterocycles. The molecule has 0 spiro atoms. The normalized spacial score (nSPS) is 12.5. The number of nitrogens with two attached hydrogens (primary N) is 1. The van der Waals surface area contributed by atoms with E-state index in [0.29, 0.717) is 11.1 Å². The molecule has 0 saturated carbocycles. The van der Waals surface area contributed by atoms with Gasteiger partial charge in [0.25, 0.3) is 0 Å². The number of carbonyl (C=O) groups is 2. The molecule has 0 unspecified atom stereocenters. The van der Waals surface area contributed by atoms with Crippen LogP contribution in [0.2, 0.25) is 0 Å². The van der Waals surface area contributed by atoms with Gasteiger partial charge in [-0.15, -0.1) is 0 Å². The molecule has 0 aliphatic carbocycles. The topological polar surface area (TPSA) is 127 Å². The van der Waals surface area contributed by atoms with Crippen molar-refractivity contribution in [1.82, 2.24) is 4.72 Å². The summed E-state index contributed by atoms with van der Waals surface area (Å²) in [5.41, 5.74) is 6.05. The molecule has 0 radical (unpaired) electrons. The minimum atomic E-state index is -4.05. The van der Waals surface area contributed by atoms with Crippen LogP contribution < -0.4 is 10.5 Å². The van der Waals surface area contributed by atoms with Crippen LogP contribution in [-0.4, -0.2) is 37.9 Å². The Balaban J connectivity index is 2.22. The Bertz CT molecular complexity index is 833. The zero-order valence-corrected chi connectivity index (χ0v) is 13.4. The Morgan fingerprint density at radius 2 is 1.54 bits per heavy atom. The van der Waals surface area contributed by atoms with Crippen LogP contribution in [0.1, 0.15) is 15.9 Å². The van der Waals surface area contributed by atoms with Crippen LogP contribution in [0, 0.1) is 0 Å². The predicted octanol–water partition coefficient (Wildman–Crippen LogP) is 0.608. The maximum atomic E-state index is 12.3. The zero-order valence-electron chi connectivity index (χ0n) is 12.5. The van der Waals surface area contributed by atoms with Crippen molar-refractivity contribution in [3.8, 4) is 0 Å². The van der Waals surface area contributed by atoms with E-state index in [1.54, 1.807) is 30.3 Å². The summed E-state index contributed by atoms with van der Waals surface area (Å²) in [5, 5.41) is 8.87. The van der Waals surface area contributed by atoms with Crippen LogP contribution in [0.25, 0.3) is 0 Å². The Labute approximate surface area is 139 Å². The first-order valence-electron chi connectivity index (χ1n) is 7.00. The predicted molar refractivity (Wildman–Crippen MR) is 87.1 cm³/mol. The second-order valence-corrected chi connectivity index (χ2v) is 6.68. The van der Waals surface area contributed by atoms with Crippen molar-refractivity contribution >= 4 is 21.8 Å². The van der Waals surface area contributed by atoms with Crippen molar-refractivity contribution in [2.45, 2.75) is 10.9 Å². The maximum absolute atomic E-state index is 12.3. The summed E-state index contributed by atoms with van der Waals surface area (Å²) >= 11 is 0. The molecule has 24 heavy (non-hydrogen) atoms. The number of sulfonamides is 1. The molecule has 2 rings (SSSR count). The lowest BCUT2D eigenvalue weighted by Gasteiger charge is -2.12. The van der Waals surface area contributed by atoms with Gasteiger partial charge in [-0.3, -0.25) is 9.59 Å². The van der Waals surface area contributed by atoms with Crippen molar-refractivity contribution in [3.63, 3.8) is 0 Å². The highest BCUT2D eigenvalue weighted by Gasteiger charge is 2.24. The number of carboxylic acid groups (broad SMARTS) is 1. The van der Waals surface area contributed by atoms with Crippen LogP contribution in [0.3, 0.4) is 0 Å². The molecule has 2 aromatic carbocycles. The fourth-order valence-electron chi connectivity index (χ4n) is 2.00. The molecule has 0 heterocycles. The highest BCUT2D eigenvalue weighted by molar-refractivity contribution is 7.89. The number of ketones is 1. The molecule has 126 valence electrons. The minimum absolute atomic E-state index is 0.146. The summed E-state index contributed by atoms with van der Waals surface area (Å²) in [5.74, 6) is -1.60. The van der Waals surface area contributed by atoms with Gasteiger partial charge in [-0.1, -0.05) is 30.3 Å². The Morgan fingerprint density at radius 1 is 1.00 bits per heavy atom. The van der Waals surface area contributed by atoms with Gasteiger partial charge in [0.15, 0.2) is 5.78 Å². The van der Waals surface area contributed by atoms with Gasteiger partial charge in [-0.25, -0.2) is 8.42 Å². The highest BCUT2D eigenvalue weighted by atomic mass is 32.2. The molecular weight excluding hydrogens is 332 g/mol. The fraction of sp³-hybridized carbons (Fsp3) is 0.125. The second kappa shape index (κ2) is 7.35. The first-order chi connectivity index (χ1) is 11.3. The Hall–Kier alpha value is -2.55. The summed E-state index contributed by atoms with van der Waals surface area (Å²) in [6.45, 7) is -0.376. The van der Waals surface area contributed by atoms with E-state index in [-0.39, 0.29) is 17.2 Å². The van der Waals surface area contributed by atoms with E-state index in [2.05, 4.69) is 0 Å². The largest absolute Gasteiger partial charge is 0.480 e. The van der Waals surface area contributed by atoms with Crippen LogP contribution in [0.5, 0.6) is 0 Å². The van der Waals surface area contributed by atoms with E-state index in [1.165, 1.54) is 24.3 Å². The van der Waals surface area contributed by atoms with E-state index in [1.807, 2.05) is 4.72 Å². The molecule has 0 bridgehead atoms. The molecule has 0 saturated heterocycles. The maximum Gasteiger partial charge on any atom is 0.323 e. The summed E-state index contributed by atoms with van der Waals surface area (Å²) in [6, 6.07) is 12.4. The van der Waals surface area contributed by atoms with Gasteiger partial charge < -0.3 is 10.8 Å². The van der Waals surface area contributed by atoms with Gasteiger partial charge in [-0.05, 0) is 24.3 Å². The fourth-order valence-corrected chi connectivity index (χ4v) is 3.20. The molecule has 0 aromatic heterocycles. The number of nitrogens with one attached hydrogen (secondary N) is 1. The lowest BCUT2D eigenvalue weighted by atomic mass is 10.0. The van der Waals surface area contributed by atoms with Gasteiger partial charge in [0.2, 0.25) is 10.0 Å². The van der Waals surface area contributed by atoms with Crippen LogP contribution in [0.15, 0.2) is 59.5 Å². The molecule has 0 amide bonds. The smallest absolute Gasteiger partial charge is 0.323 e. The highest BCUT2D eigenvalue weighted by Crippen LogP contribution is 2.14. The molecule has 7 nitrogen and oxygen atoms in total. The van der Waals surface area contributed by atoms with Crippen LogP contribution in [-0.2, 0) is 14.8 Å². The first kappa shape index (κ1) is 17.8. The second-order valence-electron chi connectivity index (χ2n) is 4.97. The van der Waals surface area contributed by atoms with Crippen molar-refractivity contribution < 1.29 is 23.1 Å². The number of rotatable bonds is 7. The number of carboxylic acids is 1. The first-order valence-corrected chi connectivity index (χ1v) is 8.48. The van der Waals surface area contributed by atoms with Crippen molar-refractivity contribution in [2.75, 3.05) is 6.54 Å². The monoisotopic (exact) mass is 348 g/mol. The summed E-state index contributed by atoms with van der Waals surface area (Å²) < 4.78 is 26.3. The van der Waals surface area contributed by atoms with Gasteiger partial charge in [0.1, 0.15) is 6.04 Å². The third kappa shape index (κ3) is 4.05. The molecule has 8 heteroatoms. The third-order valence-corrected chi connectivity index (χ3v) is 4.78. The van der Waals surface area contributed by atoms with Crippen molar-refractivity contribution in [3.05, 3.63) is 65.7 Å². The molecular formula is C16H16N2O5S. The van der Waals surface area contributed by atoms with E-state index in [9.17, 15) is 18.0 Å². The summed E-state index contributed by atoms with van der Waals surface area (Å²) in [7, 11) is -4.05. The van der Waals surface area contributed by atoms with Gasteiger partial charge >= 0.3 is 5.97 Å². The Kier molecular flexibility index (Phi) is 5.45. The lowest BCUT2D eigenvalue weighted by molar-refractivity contribution is -0.138. The third-order valence-electron chi connectivity index (χ3n) is 3.29. The quantitative estimate of drug-likeness (QED) is 0.629. The van der Waals surface area contributed by atoms with Gasteiger partial charge in [0.05, 0.1) is 4.90 Å². The number of aliphatic carboxylic acids is 1. The molecule has 0 aliphatic rings. The number of carbonyl (C=O) groups excluding carboxylic acids is 1. The van der Waals surface area contributed by atoms with Crippen LogP contribution in [0.4, 0.5) is 0 Å². The number of hydrogen-bond donors (Lipinski definition) is 3. The molecule has 1 atom stereocenters. The van der Waals surface area contributed by atoms with E-state index in [4.69, 9.17) is 10.8 Å². The molecule has 0 fully saturated rings. The average molecular weight is 348 g/mol. The van der Waals surface area contributed by atoms with Gasteiger partial charge in [0, 0.05) is 17.7 Å². The number of hydrogen-bond acceptors (Lipinski definition) is 5. The summed E-state index contributed by atoms with van der Waals surface area (Å²) in [6.07, 6.45) is 0. The zero-order chi connectivity index (χ0) is 17.7. The number of benzene rings is 2. The van der Waals surface area contributed by atoms with Crippen LogP contribution >= 0.6 is 0 Å². The van der Waals surface area contributed by atoms with E-state index >= 15 is 0 Å². The van der Waals surface area contributed by atoms with Gasteiger partial charge in [-0.2, -0.15) is 4.72 Å². The standard InChI is InChI=1S/C16H16N2O5S/c17-10-14(16(20)21)18-24(22,23)13-8-6-12(7-9-13)15(19)11-4-2-1-3-5-11/h1-9,14,18H,10,17H2,(H,20,21)/t14-/m0/s1. The van der Waals surface area contributed by atoms with Crippen molar-refractivity contribution in [1.29, 1.82) is 0 Å². The minimum Gasteiger partial charge on any atom is -0.480 e.